The molecule has 20 heavy (non-hydrogen) atoms. The van der Waals surface area contributed by atoms with Crippen LogP contribution >= 0.6 is 0 Å². The molecule has 1 heterocycles. The highest BCUT2D eigenvalue weighted by Gasteiger charge is 2.17. The molecule has 0 aliphatic heterocycles. The van der Waals surface area contributed by atoms with Crippen molar-refractivity contribution in [1.29, 1.82) is 0 Å². The standard InChI is InChI=1S/C14H15F2N3O/c1-17-13(12-6-7-14(20-2)19-18-12)8-9-10(15)4-3-5-11(9)16/h3-7,13,17H,8H2,1-2H3. The van der Waals surface area contributed by atoms with Gasteiger partial charge in [0.1, 0.15) is 11.6 Å². The lowest BCUT2D eigenvalue weighted by atomic mass is 10.0. The number of nitrogens with zero attached hydrogens (tertiary/aromatic N) is 2. The summed E-state index contributed by atoms with van der Waals surface area (Å²) in [6.45, 7) is 0. The lowest BCUT2D eigenvalue weighted by Crippen LogP contribution is -2.21. The molecule has 0 saturated heterocycles. The Balaban J connectivity index is 2.24. The topological polar surface area (TPSA) is 47.0 Å². The first-order valence-electron chi connectivity index (χ1n) is 6.13. The number of aromatic nitrogens is 2. The van der Waals surface area contributed by atoms with Crippen LogP contribution < -0.4 is 10.1 Å². The normalized spacial score (nSPS) is 12.2. The van der Waals surface area contributed by atoms with Crippen LogP contribution in [0.1, 0.15) is 17.3 Å². The van der Waals surface area contributed by atoms with Gasteiger partial charge in [0.25, 0.3) is 0 Å². The van der Waals surface area contributed by atoms with Gasteiger partial charge in [0.05, 0.1) is 18.8 Å². The van der Waals surface area contributed by atoms with Crippen LogP contribution in [0.2, 0.25) is 0 Å². The minimum atomic E-state index is -0.563. The molecule has 0 amide bonds. The van der Waals surface area contributed by atoms with E-state index in [2.05, 4.69) is 15.5 Å². The van der Waals surface area contributed by atoms with E-state index < -0.39 is 11.6 Å². The smallest absolute Gasteiger partial charge is 0.233 e. The molecular weight excluding hydrogens is 264 g/mol. The van der Waals surface area contributed by atoms with E-state index in [1.165, 1.54) is 25.3 Å². The molecule has 2 rings (SSSR count). The van der Waals surface area contributed by atoms with Gasteiger partial charge in [0.2, 0.25) is 5.88 Å². The molecule has 0 spiro atoms. The molecule has 1 atom stereocenters. The maximum Gasteiger partial charge on any atom is 0.233 e. The molecule has 106 valence electrons. The Morgan fingerprint density at radius 1 is 1.15 bits per heavy atom. The van der Waals surface area contributed by atoms with Gasteiger partial charge in [-0.15, -0.1) is 5.10 Å². The molecule has 1 aromatic carbocycles. The molecule has 4 nitrogen and oxygen atoms in total. The van der Waals surface area contributed by atoms with Crippen LogP contribution in [-0.2, 0) is 6.42 Å². The number of methoxy groups -OCH3 is 1. The van der Waals surface area contributed by atoms with Crippen LogP contribution in [0.15, 0.2) is 30.3 Å². The second kappa shape index (κ2) is 6.38. The highest BCUT2D eigenvalue weighted by atomic mass is 19.1. The molecule has 0 radical (unpaired) electrons. The van der Waals surface area contributed by atoms with Gasteiger partial charge < -0.3 is 10.1 Å². The average molecular weight is 279 g/mol. The average Bonchev–Trinajstić information content (AvgIpc) is 2.47. The van der Waals surface area contributed by atoms with E-state index in [1.807, 2.05) is 0 Å². The summed E-state index contributed by atoms with van der Waals surface area (Å²) in [5, 5.41) is 10.8. The van der Waals surface area contributed by atoms with Gasteiger partial charge >= 0.3 is 0 Å². The molecule has 0 aliphatic carbocycles. The minimum absolute atomic E-state index is 0.0319. The third-order valence-electron chi connectivity index (χ3n) is 3.05. The number of nitrogens with one attached hydrogen (secondary N) is 1. The van der Waals surface area contributed by atoms with Crippen molar-refractivity contribution >= 4 is 0 Å². The van der Waals surface area contributed by atoms with E-state index in [0.29, 0.717) is 11.6 Å². The number of hydrogen-bond donors (Lipinski definition) is 1. The van der Waals surface area contributed by atoms with E-state index in [0.717, 1.165) is 0 Å². The SMILES string of the molecule is CNC(Cc1c(F)cccc1F)c1ccc(OC)nn1. The number of benzene rings is 1. The highest BCUT2D eigenvalue weighted by Crippen LogP contribution is 2.21. The van der Waals surface area contributed by atoms with Gasteiger partial charge in [-0.2, -0.15) is 5.10 Å². The fourth-order valence-electron chi connectivity index (χ4n) is 1.91. The van der Waals surface area contributed by atoms with Crippen LogP contribution in [-0.4, -0.2) is 24.4 Å². The van der Waals surface area contributed by atoms with Crippen LogP contribution in [0.4, 0.5) is 8.78 Å². The quantitative estimate of drug-likeness (QED) is 0.912. The summed E-state index contributed by atoms with van der Waals surface area (Å²) in [5.74, 6) is -0.737. The zero-order valence-electron chi connectivity index (χ0n) is 11.2. The summed E-state index contributed by atoms with van der Waals surface area (Å²) in [5.41, 5.74) is 0.625. The van der Waals surface area contributed by atoms with Crippen molar-refractivity contribution in [2.45, 2.75) is 12.5 Å². The van der Waals surface area contributed by atoms with Gasteiger partial charge in [-0.1, -0.05) is 6.07 Å². The highest BCUT2D eigenvalue weighted by molar-refractivity contribution is 5.23. The Kier molecular flexibility index (Phi) is 4.57. The van der Waals surface area contributed by atoms with Gasteiger partial charge in [0, 0.05) is 11.6 Å². The van der Waals surface area contributed by atoms with Crippen molar-refractivity contribution in [3.8, 4) is 5.88 Å². The largest absolute Gasteiger partial charge is 0.480 e. The van der Waals surface area contributed by atoms with Crippen LogP contribution in [0.3, 0.4) is 0 Å². The lowest BCUT2D eigenvalue weighted by molar-refractivity contribution is 0.389. The van der Waals surface area contributed by atoms with Crippen molar-refractivity contribution in [2.75, 3.05) is 14.2 Å². The third kappa shape index (κ3) is 3.08. The first-order chi connectivity index (χ1) is 9.65. The van der Waals surface area contributed by atoms with E-state index in [4.69, 9.17) is 4.74 Å². The monoisotopic (exact) mass is 279 g/mol. The first kappa shape index (κ1) is 14.3. The van der Waals surface area contributed by atoms with Gasteiger partial charge in [-0.3, -0.25) is 0 Å². The summed E-state index contributed by atoms with van der Waals surface area (Å²) in [4.78, 5) is 0. The summed E-state index contributed by atoms with van der Waals surface area (Å²) in [7, 11) is 3.20. The molecule has 1 N–H and O–H groups in total. The van der Waals surface area contributed by atoms with Crippen molar-refractivity contribution in [3.05, 3.63) is 53.2 Å². The fourth-order valence-corrected chi connectivity index (χ4v) is 1.91. The molecule has 0 bridgehead atoms. The van der Waals surface area contributed by atoms with Crippen molar-refractivity contribution in [2.24, 2.45) is 0 Å². The number of hydrogen-bond acceptors (Lipinski definition) is 4. The number of likely N-dealkylation sites (N-methyl/N-ethyl adjacent to an activating group) is 1. The van der Waals surface area contributed by atoms with E-state index in [-0.39, 0.29) is 18.0 Å². The maximum atomic E-state index is 13.7. The lowest BCUT2D eigenvalue weighted by Gasteiger charge is -2.16. The van der Waals surface area contributed by atoms with Crippen molar-refractivity contribution in [3.63, 3.8) is 0 Å². The van der Waals surface area contributed by atoms with Crippen molar-refractivity contribution in [1.82, 2.24) is 15.5 Å². The molecule has 1 unspecified atom stereocenters. The number of rotatable bonds is 5. The predicted octanol–water partition coefficient (Wildman–Crippen LogP) is 2.27. The molecular formula is C14H15F2N3O. The van der Waals surface area contributed by atoms with Gasteiger partial charge in [-0.25, -0.2) is 8.78 Å². The second-order valence-corrected chi connectivity index (χ2v) is 4.25. The summed E-state index contributed by atoms with van der Waals surface area (Å²) in [6, 6.07) is 6.86. The zero-order valence-corrected chi connectivity index (χ0v) is 11.2. The Morgan fingerprint density at radius 3 is 2.35 bits per heavy atom. The van der Waals surface area contributed by atoms with Crippen LogP contribution in [0.25, 0.3) is 0 Å². The Labute approximate surface area is 115 Å². The predicted molar refractivity (Wildman–Crippen MR) is 70.4 cm³/mol. The van der Waals surface area contributed by atoms with E-state index >= 15 is 0 Å². The Morgan fingerprint density at radius 2 is 1.85 bits per heavy atom. The van der Waals surface area contributed by atoms with E-state index in [1.54, 1.807) is 19.2 Å². The molecule has 2 aromatic rings. The number of ether oxygens (including phenoxy) is 1. The van der Waals surface area contributed by atoms with Gasteiger partial charge in [0.15, 0.2) is 0 Å². The van der Waals surface area contributed by atoms with Crippen LogP contribution in [0, 0.1) is 11.6 Å². The van der Waals surface area contributed by atoms with Gasteiger partial charge in [-0.05, 0) is 31.7 Å². The molecule has 0 saturated carbocycles. The fraction of sp³-hybridized carbons (Fsp3) is 0.286. The summed E-state index contributed by atoms with van der Waals surface area (Å²) in [6.07, 6.45) is 0.149. The zero-order chi connectivity index (χ0) is 14.5. The summed E-state index contributed by atoms with van der Waals surface area (Å²) < 4.78 is 32.2. The first-order valence-corrected chi connectivity index (χ1v) is 6.13. The van der Waals surface area contributed by atoms with Crippen molar-refractivity contribution < 1.29 is 13.5 Å². The third-order valence-corrected chi connectivity index (χ3v) is 3.05. The maximum absolute atomic E-state index is 13.7. The molecule has 0 aliphatic rings. The minimum Gasteiger partial charge on any atom is -0.480 e. The number of halogens is 2. The molecule has 1 aromatic heterocycles. The van der Waals surface area contributed by atoms with Crippen LogP contribution in [0.5, 0.6) is 5.88 Å². The van der Waals surface area contributed by atoms with E-state index in [9.17, 15) is 8.78 Å². The Hall–Kier alpha value is -2.08. The Bertz CT molecular complexity index is 555. The second-order valence-electron chi connectivity index (χ2n) is 4.25. The molecule has 0 fully saturated rings. The molecule has 6 heteroatoms. The summed E-state index contributed by atoms with van der Waals surface area (Å²) >= 11 is 0.